The normalized spacial score (nSPS) is 19.2. The number of esters is 2. The number of ether oxygens (including phenoxy) is 2. The molecule has 0 aromatic carbocycles. The van der Waals surface area contributed by atoms with Crippen molar-refractivity contribution >= 4 is 23.3 Å². The molecule has 0 N–H and O–H groups in total. The zero-order chi connectivity index (χ0) is 16.9. The van der Waals surface area contributed by atoms with Crippen molar-refractivity contribution in [2.24, 2.45) is 0 Å². The Balaban J connectivity index is 1.52. The molecule has 0 saturated carbocycles. The van der Waals surface area contributed by atoms with Gasteiger partial charge in [-0.3, -0.25) is 14.6 Å². The SMILES string of the molecule is CC(=O)O[C@H]1C=C[C@@H](OC(=O)Cc2csc(-c3cccnc3)n2)C1. The number of thiazole rings is 1. The summed E-state index contributed by atoms with van der Waals surface area (Å²) in [6.45, 7) is 1.36. The van der Waals surface area contributed by atoms with Gasteiger partial charge < -0.3 is 9.47 Å². The fourth-order valence-corrected chi connectivity index (χ4v) is 3.20. The number of pyridine rings is 1. The Kier molecular flexibility index (Phi) is 5.00. The number of nitrogens with zero attached hydrogens (tertiary/aromatic N) is 2. The van der Waals surface area contributed by atoms with Gasteiger partial charge in [0, 0.05) is 36.7 Å². The summed E-state index contributed by atoms with van der Waals surface area (Å²) >= 11 is 1.46. The summed E-state index contributed by atoms with van der Waals surface area (Å²) in [7, 11) is 0. The molecule has 3 rings (SSSR count). The van der Waals surface area contributed by atoms with Crippen LogP contribution in [0.1, 0.15) is 19.0 Å². The summed E-state index contributed by atoms with van der Waals surface area (Å²) in [5.41, 5.74) is 1.59. The van der Waals surface area contributed by atoms with Gasteiger partial charge in [-0.2, -0.15) is 0 Å². The molecule has 0 saturated heterocycles. The number of hydrogen-bond acceptors (Lipinski definition) is 7. The standard InChI is InChI=1S/C17H16N2O4S/c1-11(20)22-14-4-5-15(8-14)23-16(21)7-13-10-24-17(19-13)12-3-2-6-18-9-12/h2-6,9-10,14-15H,7-8H2,1H3/t14-,15+/m0/s1. The fourth-order valence-electron chi connectivity index (χ4n) is 2.39. The first-order chi connectivity index (χ1) is 11.6. The molecule has 2 aromatic rings. The zero-order valence-corrected chi connectivity index (χ0v) is 13.9. The molecule has 1 aliphatic carbocycles. The van der Waals surface area contributed by atoms with E-state index in [9.17, 15) is 9.59 Å². The lowest BCUT2D eigenvalue weighted by Crippen LogP contribution is -2.20. The first-order valence-corrected chi connectivity index (χ1v) is 8.38. The van der Waals surface area contributed by atoms with Crippen LogP contribution in [0.2, 0.25) is 0 Å². The van der Waals surface area contributed by atoms with Crippen LogP contribution in [0, 0.1) is 0 Å². The van der Waals surface area contributed by atoms with Crippen molar-refractivity contribution in [3.05, 3.63) is 47.8 Å². The molecule has 0 fully saturated rings. The van der Waals surface area contributed by atoms with E-state index in [1.165, 1.54) is 18.3 Å². The molecule has 2 aromatic heterocycles. The van der Waals surface area contributed by atoms with Crippen LogP contribution < -0.4 is 0 Å². The van der Waals surface area contributed by atoms with Crippen molar-refractivity contribution in [1.82, 2.24) is 9.97 Å². The topological polar surface area (TPSA) is 78.4 Å². The fraction of sp³-hybridized carbons (Fsp3) is 0.294. The molecule has 0 amide bonds. The van der Waals surface area contributed by atoms with Crippen LogP contribution in [0.4, 0.5) is 0 Å². The van der Waals surface area contributed by atoms with Gasteiger partial charge in [0.2, 0.25) is 0 Å². The maximum Gasteiger partial charge on any atom is 0.312 e. The summed E-state index contributed by atoms with van der Waals surface area (Å²) in [6.07, 6.45) is 6.81. The van der Waals surface area contributed by atoms with Gasteiger partial charge in [-0.05, 0) is 24.3 Å². The van der Waals surface area contributed by atoms with Crippen LogP contribution in [-0.2, 0) is 25.5 Å². The van der Waals surface area contributed by atoms with Crippen LogP contribution in [0.25, 0.3) is 10.6 Å². The molecular weight excluding hydrogens is 328 g/mol. The number of carbonyl (C=O) groups is 2. The lowest BCUT2D eigenvalue weighted by molar-refractivity contribution is -0.148. The van der Waals surface area contributed by atoms with E-state index in [2.05, 4.69) is 9.97 Å². The molecular formula is C17H16N2O4S. The minimum Gasteiger partial charge on any atom is -0.458 e. The lowest BCUT2D eigenvalue weighted by atomic mass is 10.2. The molecule has 6 nitrogen and oxygen atoms in total. The number of aromatic nitrogens is 2. The van der Waals surface area contributed by atoms with Crippen molar-refractivity contribution < 1.29 is 19.1 Å². The maximum atomic E-state index is 12.0. The van der Waals surface area contributed by atoms with Crippen molar-refractivity contribution in [2.75, 3.05) is 0 Å². The first kappa shape index (κ1) is 16.3. The minimum absolute atomic E-state index is 0.110. The molecule has 124 valence electrons. The Morgan fingerprint density at radius 1 is 1.29 bits per heavy atom. The van der Waals surface area contributed by atoms with E-state index in [-0.39, 0.29) is 30.6 Å². The molecule has 0 unspecified atom stereocenters. The molecule has 24 heavy (non-hydrogen) atoms. The Hall–Kier alpha value is -2.54. The average Bonchev–Trinajstić information content (AvgIpc) is 3.17. The molecule has 2 heterocycles. The third-order valence-electron chi connectivity index (χ3n) is 3.39. The van der Waals surface area contributed by atoms with E-state index < -0.39 is 0 Å². The van der Waals surface area contributed by atoms with Crippen LogP contribution in [-0.4, -0.2) is 34.1 Å². The summed E-state index contributed by atoms with van der Waals surface area (Å²) in [5.74, 6) is -0.696. The lowest BCUT2D eigenvalue weighted by Gasteiger charge is -2.12. The van der Waals surface area contributed by atoms with Gasteiger partial charge in [0.15, 0.2) is 0 Å². The maximum absolute atomic E-state index is 12.0. The van der Waals surface area contributed by atoms with Crippen molar-refractivity contribution in [3.63, 3.8) is 0 Å². The molecule has 0 radical (unpaired) electrons. The Morgan fingerprint density at radius 2 is 2.08 bits per heavy atom. The highest BCUT2D eigenvalue weighted by atomic mass is 32.1. The van der Waals surface area contributed by atoms with E-state index in [1.54, 1.807) is 24.5 Å². The number of carbonyl (C=O) groups excluding carboxylic acids is 2. The molecule has 7 heteroatoms. The van der Waals surface area contributed by atoms with Crippen LogP contribution >= 0.6 is 11.3 Å². The second-order valence-corrected chi connectivity index (χ2v) is 6.22. The van der Waals surface area contributed by atoms with E-state index in [0.29, 0.717) is 12.1 Å². The van der Waals surface area contributed by atoms with Gasteiger partial charge >= 0.3 is 11.9 Å². The molecule has 1 aliphatic rings. The molecule has 0 aliphatic heterocycles. The highest BCUT2D eigenvalue weighted by Crippen LogP contribution is 2.23. The summed E-state index contributed by atoms with van der Waals surface area (Å²) in [4.78, 5) is 31.4. The summed E-state index contributed by atoms with van der Waals surface area (Å²) < 4.78 is 10.4. The molecule has 0 bridgehead atoms. The van der Waals surface area contributed by atoms with Crippen molar-refractivity contribution in [2.45, 2.75) is 32.0 Å². The van der Waals surface area contributed by atoms with Gasteiger partial charge in [-0.15, -0.1) is 11.3 Å². The Bertz CT molecular complexity index is 757. The molecule has 2 atom stereocenters. The monoisotopic (exact) mass is 344 g/mol. The largest absolute Gasteiger partial charge is 0.458 e. The predicted octanol–water partition coefficient (Wildman–Crippen LogP) is 2.55. The first-order valence-electron chi connectivity index (χ1n) is 7.50. The van der Waals surface area contributed by atoms with Gasteiger partial charge in [0.25, 0.3) is 0 Å². The Labute approximate surface area is 143 Å². The third kappa shape index (κ3) is 4.26. The third-order valence-corrected chi connectivity index (χ3v) is 4.33. The number of hydrogen-bond donors (Lipinski definition) is 0. The van der Waals surface area contributed by atoms with Gasteiger partial charge in [-0.25, -0.2) is 4.98 Å². The van der Waals surface area contributed by atoms with Gasteiger partial charge in [-0.1, -0.05) is 0 Å². The van der Waals surface area contributed by atoms with E-state index in [0.717, 1.165) is 10.6 Å². The highest BCUT2D eigenvalue weighted by molar-refractivity contribution is 7.13. The predicted molar refractivity (Wildman–Crippen MR) is 88.2 cm³/mol. The minimum atomic E-state index is -0.363. The smallest absolute Gasteiger partial charge is 0.312 e. The van der Waals surface area contributed by atoms with Crippen molar-refractivity contribution in [1.29, 1.82) is 0 Å². The van der Waals surface area contributed by atoms with Gasteiger partial charge in [0.05, 0.1) is 12.1 Å². The summed E-state index contributed by atoms with van der Waals surface area (Å²) in [5, 5.41) is 2.66. The van der Waals surface area contributed by atoms with Crippen LogP contribution in [0.5, 0.6) is 0 Å². The molecule has 0 spiro atoms. The second-order valence-electron chi connectivity index (χ2n) is 5.36. The second kappa shape index (κ2) is 7.35. The van der Waals surface area contributed by atoms with Crippen LogP contribution in [0.15, 0.2) is 42.1 Å². The number of rotatable bonds is 5. The van der Waals surface area contributed by atoms with Crippen molar-refractivity contribution in [3.8, 4) is 10.6 Å². The Morgan fingerprint density at radius 3 is 2.79 bits per heavy atom. The van der Waals surface area contributed by atoms with E-state index in [1.807, 2.05) is 17.5 Å². The highest BCUT2D eigenvalue weighted by Gasteiger charge is 2.24. The quantitative estimate of drug-likeness (QED) is 0.613. The average molecular weight is 344 g/mol. The van der Waals surface area contributed by atoms with Gasteiger partial charge in [0.1, 0.15) is 17.2 Å². The summed E-state index contributed by atoms with van der Waals surface area (Å²) in [6, 6.07) is 3.77. The zero-order valence-electron chi connectivity index (χ0n) is 13.0. The van der Waals surface area contributed by atoms with E-state index in [4.69, 9.17) is 9.47 Å². The van der Waals surface area contributed by atoms with E-state index >= 15 is 0 Å². The van der Waals surface area contributed by atoms with Crippen LogP contribution in [0.3, 0.4) is 0 Å².